The summed E-state index contributed by atoms with van der Waals surface area (Å²) in [5.41, 5.74) is 2.48. The highest BCUT2D eigenvalue weighted by molar-refractivity contribution is 5.92. The molecular weight excluding hydrogens is 564 g/mol. The molecule has 1 aliphatic carbocycles. The van der Waals surface area contributed by atoms with Gasteiger partial charge in [0.25, 0.3) is 5.91 Å². The van der Waals surface area contributed by atoms with Crippen LogP contribution >= 0.6 is 0 Å². The Morgan fingerprint density at radius 2 is 1.86 bits per heavy atom. The van der Waals surface area contributed by atoms with Crippen molar-refractivity contribution in [1.82, 2.24) is 20.5 Å². The van der Waals surface area contributed by atoms with E-state index in [9.17, 15) is 19.2 Å². The van der Waals surface area contributed by atoms with E-state index >= 15 is 0 Å². The summed E-state index contributed by atoms with van der Waals surface area (Å²) >= 11 is 0. The highest BCUT2D eigenvalue weighted by atomic mass is 16.5. The third-order valence-corrected chi connectivity index (χ3v) is 8.87. The molecule has 1 aromatic heterocycles. The van der Waals surface area contributed by atoms with Crippen molar-refractivity contribution in [2.45, 2.75) is 82.1 Å². The molecule has 4 fully saturated rings. The van der Waals surface area contributed by atoms with Crippen LogP contribution in [0.2, 0.25) is 0 Å². The molecule has 234 valence electrons. The van der Waals surface area contributed by atoms with Gasteiger partial charge in [-0.25, -0.2) is 4.98 Å². The lowest BCUT2D eigenvalue weighted by atomic mass is 10.00. The van der Waals surface area contributed by atoms with Crippen LogP contribution < -0.4 is 15.4 Å². The van der Waals surface area contributed by atoms with Gasteiger partial charge in [0.2, 0.25) is 11.8 Å². The Morgan fingerprint density at radius 3 is 2.52 bits per heavy atom. The summed E-state index contributed by atoms with van der Waals surface area (Å²) in [5, 5.41) is 6.07. The maximum absolute atomic E-state index is 13.0. The lowest BCUT2D eigenvalue weighted by Crippen LogP contribution is -2.51. The molecule has 4 heterocycles. The van der Waals surface area contributed by atoms with Gasteiger partial charge in [0.15, 0.2) is 0 Å². The normalized spacial score (nSPS) is 24.7. The van der Waals surface area contributed by atoms with Crippen molar-refractivity contribution in [3.05, 3.63) is 59.4 Å². The van der Waals surface area contributed by atoms with Gasteiger partial charge in [0, 0.05) is 25.7 Å². The number of hydrogen-bond acceptors (Lipinski definition) is 8. The quantitative estimate of drug-likeness (QED) is 0.395. The number of hydrogen-bond donors (Lipinski definition) is 2. The zero-order chi connectivity index (χ0) is 30.6. The van der Waals surface area contributed by atoms with Crippen molar-refractivity contribution >= 4 is 23.7 Å². The number of benzene rings is 1. The van der Waals surface area contributed by atoms with E-state index in [0.29, 0.717) is 37.8 Å². The smallest absolute Gasteiger partial charge is 0.306 e. The minimum atomic E-state index is -0.485. The molecule has 0 unspecified atom stereocenters. The predicted molar refractivity (Wildman–Crippen MR) is 159 cm³/mol. The molecule has 0 radical (unpaired) electrons. The molecule has 11 heteroatoms. The van der Waals surface area contributed by atoms with Gasteiger partial charge in [-0.3, -0.25) is 19.2 Å². The summed E-state index contributed by atoms with van der Waals surface area (Å²) in [4.78, 5) is 56.2. The Hall–Kier alpha value is -3.99. The Labute approximate surface area is 257 Å². The Bertz CT molecular complexity index is 1360. The third-order valence-electron chi connectivity index (χ3n) is 8.87. The number of nitrogens with zero attached hydrogens (tertiary/aromatic N) is 2. The van der Waals surface area contributed by atoms with Crippen LogP contribution in [-0.2, 0) is 23.9 Å². The van der Waals surface area contributed by atoms with Crippen LogP contribution in [0.3, 0.4) is 0 Å². The molecule has 0 bridgehead atoms. The van der Waals surface area contributed by atoms with Crippen molar-refractivity contribution in [3.63, 3.8) is 0 Å². The summed E-state index contributed by atoms with van der Waals surface area (Å²) in [6.07, 6.45) is 6.21. The largest absolute Gasteiger partial charge is 0.482 e. The first kappa shape index (κ1) is 30.1. The lowest BCUT2D eigenvalue weighted by molar-refractivity contribution is -0.138. The minimum absolute atomic E-state index is 0.104. The van der Waals surface area contributed by atoms with Crippen LogP contribution in [0.1, 0.15) is 85.5 Å². The van der Waals surface area contributed by atoms with Crippen molar-refractivity contribution in [3.8, 4) is 5.75 Å². The Balaban J connectivity index is 1.08. The Kier molecular flexibility index (Phi) is 9.11. The number of nitrogens with one attached hydrogen (secondary N) is 2. The molecule has 3 saturated heterocycles. The van der Waals surface area contributed by atoms with Crippen LogP contribution in [0.5, 0.6) is 5.75 Å². The number of carbonyl (C=O) groups is 4. The standard InChI is InChI=1S/C33H40N4O7/c1-20(35-32(40)28-5-3-15-42-28)30(23-10-8-22(9-11-23)21-6-7-21)44-26-12-13-27(34-17-26)31(39)36-25-4-2-14-37(18-25)33(41)24-16-29(38)43-19-24/h8-13,17,20-21,24-25,28,30H,2-7,14-16,18-19H2,1H3,(H,35,40)(H,36,39)/t20-,24+,25-,28-,30-/m0/s1. The molecule has 1 saturated carbocycles. The van der Waals surface area contributed by atoms with Crippen LogP contribution in [0.4, 0.5) is 0 Å². The van der Waals surface area contributed by atoms with Crippen molar-refractivity contribution in [2.24, 2.45) is 5.92 Å². The first-order valence-corrected chi connectivity index (χ1v) is 15.7. The number of aromatic nitrogens is 1. The predicted octanol–water partition coefficient (Wildman–Crippen LogP) is 3.05. The van der Waals surface area contributed by atoms with E-state index in [1.807, 2.05) is 6.92 Å². The zero-order valence-corrected chi connectivity index (χ0v) is 25.0. The number of rotatable bonds is 10. The molecule has 4 aliphatic rings. The van der Waals surface area contributed by atoms with Gasteiger partial charge in [-0.05, 0) is 74.6 Å². The van der Waals surface area contributed by atoms with Gasteiger partial charge in [-0.15, -0.1) is 0 Å². The summed E-state index contributed by atoms with van der Waals surface area (Å²) in [5.74, 6) is -0.271. The molecule has 3 amide bonds. The fourth-order valence-corrected chi connectivity index (χ4v) is 6.23. The second-order valence-electron chi connectivity index (χ2n) is 12.3. The topological polar surface area (TPSA) is 136 Å². The van der Waals surface area contributed by atoms with Gasteiger partial charge in [0.05, 0.1) is 24.6 Å². The fourth-order valence-electron chi connectivity index (χ4n) is 6.23. The van der Waals surface area contributed by atoms with E-state index in [1.165, 1.54) is 24.6 Å². The molecule has 6 rings (SSSR count). The van der Waals surface area contributed by atoms with Crippen LogP contribution in [0, 0.1) is 5.92 Å². The van der Waals surface area contributed by atoms with Gasteiger partial charge >= 0.3 is 5.97 Å². The van der Waals surface area contributed by atoms with Gasteiger partial charge in [-0.1, -0.05) is 24.3 Å². The van der Waals surface area contributed by atoms with Crippen molar-refractivity contribution in [1.29, 1.82) is 0 Å². The van der Waals surface area contributed by atoms with Crippen molar-refractivity contribution in [2.75, 3.05) is 26.3 Å². The molecule has 11 nitrogen and oxygen atoms in total. The van der Waals surface area contributed by atoms with E-state index in [4.69, 9.17) is 14.2 Å². The van der Waals surface area contributed by atoms with E-state index in [2.05, 4.69) is 39.9 Å². The average molecular weight is 605 g/mol. The van der Waals surface area contributed by atoms with E-state index in [0.717, 1.165) is 24.8 Å². The first-order chi connectivity index (χ1) is 21.3. The average Bonchev–Trinajstić information content (AvgIpc) is 3.55. The maximum atomic E-state index is 13.0. The Morgan fingerprint density at radius 1 is 1.05 bits per heavy atom. The van der Waals surface area contributed by atoms with Gasteiger partial charge in [-0.2, -0.15) is 0 Å². The zero-order valence-electron chi connectivity index (χ0n) is 25.0. The number of esters is 1. The molecule has 1 aromatic carbocycles. The van der Waals surface area contributed by atoms with Crippen molar-refractivity contribution < 1.29 is 33.4 Å². The van der Waals surface area contributed by atoms with E-state index < -0.39 is 18.1 Å². The summed E-state index contributed by atoms with van der Waals surface area (Å²) in [6.45, 7) is 3.60. The number of piperidine rings is 1. The highest BCUT2D eigenvalue weighted by Crippen LogP contribution is 2.40. The summed E-state index contributed by atoms with van der Waals surface area (Å²) < 4.78 is 16.9. The monoisotopic (exact) mass is 604 g/mol. The number of pyridine rings is 1. The number of amides is 3. The second-order valence-corrected chi connectivity index (χ2v) is 12.3. The molecule has 3 aliphatic heterocycles. The molecular formula is C33H40N4O7. The van der Waals surface area contributed by atoms with E-state index in [-0.39, 0.29) is 54.5 Å². The van der Waals surface area contributed by atoms with Gasteiger partial charge in [0.1, 0.15) is 30.3 Å². The summed E-state index contributed by atoms with van der Waals surface area (Å²) in [6, 6.07) is 11.1. The fraction of sp³-hybridized carbons (Fsp3) is 0.545. The maximum Gasteiger partial charge on any atom is 0.306 e. The molecule has 44 heavy (non-hydrogen) atoms. The van der Waals surface area contributed by atoms with Crippen LogP contribution in [0.25, 0.3) is 0 Å². The minimum Gasteiger partial charge on any atom is -0.482 e. The van der Waals surface area contributed by atoms with Gasteiger partial charge < -0.3 is 29.7 Å². The SMILES string of the molecule is C[C@H](NC(=O)[C@@H]1CCCO1)[C@H](Oc1ccc(C(=O)N[C@H]2CCCN(C(=O)[C@H]3COC(=O)C3)C2)nc1)c1ccc(C2CC2)cc1. The number of carbonyl (C=O) groups excluding carboxylic acids is 4. The number of likely N-dealkylation sites (tertiary alicyclic amines) is 1. The highest BCUT2D eigenvalue weighted by Gasteiger charge is 2.35. The second kappa shape index (κ2) is 13.3. The van der Waals surface area contributed by atoms with E-state index in [1.54, 1.807) is 17.0 Å². The molecule has 0 spiro atoms. The van der Waals surface area contributed by atoms with Crippen LogP contribution in [-0.4, -0.2) is 78.1 Å². The number of cyclic esters (lactones) is 1. The third kappa shape index (κ3) is 7.20. The first-order valence-electron chi connectivity index (χ1n) is 15.7. The molecule has 2 N–H and O–H groups in total. The lowest BCUT2D eigenvalue weighted by Gasteiger charge is -2.34. The van der Waals surface area contributed by atoms with Crippen LogP contribution in [0.15, 0.2) is 42.6 Å². The molecule has 5 atom stereocenters. The molecule has 2 aromatic rings. The summed E-state index contributed by atoms with van der Waals surface area (Å²) in [7, 11) is 0. The number of ether oxygens (including phenoxy) is 3.